The van der Waals surface area contributed by atoms with Gasteiger partial charge in [-0.05, 0) is 37.5 Å². The number of Topliss-reactive ketones (excluding diaryl/α,β-unsaturated/α-hetero) is 1. The number of carbonyl (C=O) groups excluding carboxylic acids is 1. The third-order valence-corrected chi connectivity index (χ3v) is 3.84. The summed E-state index contributed by atoms with van der Waals surface area (Å²) in [6.07, 6.45) is 5.23. The number of hydrogen-bond acceptors (Lipinski definition) is 3. The van der Waals surface area contributed by atoms with Crippen molar-refractivity contribution in [3.05, 3.63) is 29.3 Å². The summed E-state index contributed by atoms with van der Waals surface area (Å²) in [5.74, 6) is 1.72. The lowest BCUT2D eigenvalue weighted by Gasteiger charge is -2.24. The van der Waals surface area contributed by atoms with Gasteiger partial charge in [-0.25, -0.2) is 0 Å². The van der Waals surface area contributed by atoms with E-state index in [1.54, 1.807) is 20.1 Å². The Balaban J connectivity index is 1.88. The Morgan fingerprint density at radius 2 is 2.16 bits per heavy atom. The van der Waals surface area contributed by atoms with Crippen LogP contribution in [0.15, 0.2) is 18.2 Å². The fraction of sp³-hybridized carbons (Fsp3) is 0.562. The summed E-state index contributed by atoms with van der Waals surface area (Å²) < 4.78 is 11.0. The van der Waals surface area contributed by atoms with Gasteiger partial charge in [0.05, 0.1) is 13.7 Å². The highest BCUT2D eigenvalue weighted by Crippen LogP contribution is 2.29. The Morgan fingerprint density at radius 3 is 2.74 bits per heavy atom. The van der Waals surface area contributed by atoms with Crippen LogP contribution in [0.25, 0.3) is 0 Å². The monoisotopic (exact) mass is 262 g/mol. The van der Waals surface area contributed by atoms with Gasteiger partial charge in [0.15, 0.2) is 5.78 Å². The average molecular weight is 262 g/mol. The molecule has 2 rings (SSSR count). The van der Waals surface area contributed by atoms with Crippen LogP contribution in [0.3, 0.4) is 0 Å². The van der Waals surface area contributed by atoms with Gasteiger partial charge >= 0.3 is 0 Å². The minimum atomic E-state index is 0.0679. The van der Waals surface area contributed by atoms with Crippen LogP contribution in [-0.4, -0.2) is 19.5 Å². The largest absolute Gasteiger partial charge is 0.496 e. The molecular weight excluding hydrogens is 240 g/mol. The molecule has 0 heterocycles. The van der Waals surface area contributed by atoms with Gasteiger partial charge in [0.2, 0.25) is 0 Å². The van der Waals surface area contributed by atoms with E-state index in [1.807, 2.05) is 12.1 Å². The molecule has 3 heteroatoms. The second-order valence-electron chi connectivity index (χ2n) is 5.22. The molecule has 0 saturated heterocycles. The van der Waals surface area contributed by atoms with Crippen molar-refractivity contribution in [3.8, 4) is 5.75 Å². The molecule has 1 aromatic carbocycles. The van der Waals surface area contributed by atoms with Crippen LogP contribution in [0.4, 0.5) is 0 Å². The minimum Gasteiger partial charge on any atom is -0.496 e. The van der Waals surface area contributed by atoms with Crippen molar-refractivity contribution >= 4 is 5.78 Å². The van der Waals surface area contributed by atoms with Crippen molar-refractivity contribution in [1.82, 2.24) is 0 Å². The summed E-state index contributed by atoms with van der Waals surface area (Å²) in [6, 6.07) is 5.49. The van der Waals surface area contributed by atoms with Crippen LogP contribution >= 0.6 is 0 Å². The molecule has 1 saturated carbocycles. The van der Waals surface area contributed by atoms with Gasteiger partial charge in [-0.3, -0.25) is 4.79 Å². The molecule has 19 heavy (non-hydrogen) atoms. The van der Waals surface area contributed by atoms with Crippen LogP contribution < -0.4 is 4.74 Å². The van der Waals surface area contributed by atoms with Crippen LogP contribution in [-0.2, 0) is 11.3 Å². The molecule has 1 aromatic rings. The number of ether oxygens (including phenoxy) is 2. The maximum Gasteiger partial charge on any atom is 0.159 e. The highest BCUT2D eigenvalue weighted by atomic mass is 16.5. The Hall–Kier alpha value is -1.35. The summed E-state index contributed by atoms with van der Waals surface area (Å²) in [7, 11) is 1.64. The fourth-order valence-corrected chi connectivity index (χ4v) is 2.32. The Kier molecular flexibility index (Phi) is 4.97. The van der Waals surface area contributed by atoms with E-state index < -0.39 is 0 Å². The maximum absolute atomic E-state index is 11.4. The molecule has 1 aliphatic rings. The van der Waals surface area contributed by atoms with E-state index in [0.717, 1.165) is 30.3 Å². The maximum atomic E-state index is 11.4. The van der Waals surface area contributed by atoms with Crippen LogP contribution in [0.5, 0.6) is 5.75 Å². The first-order valence-electron chi connectivity index (χ1n) is 6.96. The van der Waals surface area contributed by atoms with Crippen LogP contribution in [0.1, 0.15) is 48.5 Å². The number of benzene rings is 1. The standard InChI is InChI=1S/C16H22O3/c1-12(17)14-6-7-16(18-2)15(10-14)11-19-9-8-13-4-3-5-13/h6-7,10,13H,3-5,8-9,11H2,1-2H3. The lowest BCUT2D eigenvalue weighted by molar-refractivity contribution is 0.0934. The van der Waals surface area contributed by atoms with E-state index in [1.165, 1.54) is 19.3 Å². The van der Waals surface area contributed by atoms with Crippen molar-refractivity contribution in [2.75, 3.05) is 13.7 Å². The number of carbonyl (C=O) groups is 1. The number of ketones is 1. The smallest absolute Gasteiger partial charge is 0.159 e. The topological polar surface area (TPSA) is 35.5 Å². The predicted molar refractivity (Wildman–Crippen MR) is 74.6 cm³/mol. The Morgan fingerprint density at radius 1 is 1.37 bits per heavy atom. The zero-order chi connectivity index (χ0) is 13.7. The zero-order valence-electron chi connectivity index (χ0n) is 11.8. The molecule has 0 bridgehead atoms. The average Bonchev–Trinajstić information content (AvgIpc) is 2.36. The quantitative estimate of drug-likeness (QED) is 0.556. The van der Waals surface area contributed by atoms with E-state index >= 15 is 0 Å². The molecule has 3 nitrogen and oxygen atoms in total. The third-order valence-electron chi connectivity index (χ3n) is 3.84. The lowest BCUT2D eigenvalue weighted by Crippen LogP contribution is -2.13. The van der Waals surface area contributed by atoms with E-state index in [0.29, 0.717) is 12.2 Å². The highest BCUT2D eigenvalue weighted by Gasteiger charge is 2.16. The molecular formula is C16H22O3. The molecule has 104 valence electrons. The van der Waals surface area contributed by atoms with Gasteiger partial charge in [0.1, 0.15) is 5.75 Å². The molecule has 1 fully saturated rings. The molecule has 0 spiro atoms. The van der Waals surface area contributed by atoms with Gasteiger partial charge < -0.3 is 9.47 Å². The van der Waals surface area contributed by atoms with Crippen molar-refractivity contribution in [2.24, 2.45) is 5.92 Å². The highest BCUT2D eigenvalue weighted by molar-refractivity contribution is 5.94. The number of rotatable bonds is 7. The minimum absolute atomic E-state index is 0.0679. The molecule has 1 aliphatic carbocycles. The van der Waals surface area contributed by atoms with Gasteiger partial charge in [-0.2, -0.15) is 0 Å². The molecule has 0 atom stereocenters. The van der Waals surface area contributed by atoms with Crippen molar-refractivity contribution in [3.63, 3.8) is 0 Å². The van der Waals surface area contributed by atoms with Gasteiger partial charge in [-0.1, -0.05) is 19.3 Å². The van der Waals surface area contributed by atoms with E-state index in [2.05, 4.69) is 0 Å². The summed E-state index contributed by atoms with van der Waals surface area (Å²) in [4.78, 5) is 11.4. The van der Waals surface area contributed by atoms with Crippen LogP contribution in [0.2, 0.25) is 0 Å². The van der Waals surface area contributed by atoms with Crippen molar-refractivity contribution in [2.45, 2.75) is 39.2 Å². The molecule has 0 aromatic heterocycles. The summed E-state index contributed by atoms with van der Waals surface area (Å²) in [5.41, 5.74) is 1.65. The normalized spacial score (nSPS) is 15.1. The first-order valence-corrected chi connectivity index (χ1v) is 6.96. The third kappa shape index (κ3) is 3.80. The SMILES string of the molecule is COc1ccc(C(C)=O)cc1COCCC1CCC1. The summed E-state index contributed by atoms with van der Waals surface area (Å²) in [5, 5.41) is 0. The molecule has 0 amide bonds. The molecule has 0 radical (unpaired) electrons. The van der Waals surface area contributed by atoms with Gasteiger partial charge in [0.25, 0.3) is 0 Å². The van der Waals surface area contributed by atoms with E-state index in [-0.39, 0.29) is 5.78 Å². The number of hydrogen-bond donors (Lipinski definition) is 0. The first kappa shape index (κ1) is 14.1. The van der Waals surface area contributed by atoms with Gasteiger partial charge in [0, 0.05) is 17.7 Å². The zero-order valence-corrected chi connectivity index (χ0v) is 11.8. The lowest BCUT2D eigenvalue weighted by atomic mass is 9.83. The Labute approximate surface area is 114 Å². The fourth-order valence-electron chi connectivity index (χ4n) is 2.32. The molecule has 0 unspecified atom stereocenters. The summed E-state index contributed by atoms with van der Waals surface area (Å²) >= 11 is 0. The number of methoxy groups -OCH3 is 1. The van der Waals surface area contributed by atoms with E-state index in [4.69, 9.17) is 9.47 Å². The van der Waals surface area contributed by atoms with Crippen molar-refractivity contribution in [1.29, 1.82) is 0 Å². The Bertz CT molecular complexity index is 436. The van der Waals surface area contributed by atoms with E-state index in [9.17, 15) is 4.79 Å². The van der Waals surface area contributed by atoms with Gasteiger partial charge in [-0.15, -0.1) is 0 Å². The van der Waals surface area contributed by atoms with Crippen molar-refractivity contribution < 1.29 is 14.3 Å². The second kappa shape index (κ2) is 6.71. The predicted octanol–water partition coefficient (Wildman–Crippen LogP) is 3.60. The molecule has 0 aliphatic heterocycles. The second-order valence-corrected chi connectivity index (χ2v) is 5.22. The van der Waals surface area contributed by atoms with Crippen LogP contribution in [0, 0.1) is 5.92 Å². The first-order chi connectivity index (χ1) is 9.20. The summed E-state index contributed by atoms with van der Waals surface area (Å²) in [6.45, 7) is 2.87. The molecule has 0 N–H and O–H groups in total.